The van der Waals surface area contributed by atoms with E-state index in [0.29, 0.717) is 6.42 Å². The summed E-state index contributed by atoms with van der Waals surface area (Å²) in [5, 5.41) is 10.6. The lowest BCUT2D eigenvalue weighted by Crippen LogP contribution is -2.41. The molecule has 23 heavy (non-hydrogen) atoms. The first-order valence-corrected chi connectivity index (χ1v) is 8.43. The van der Waals surface area contributed by atoms with Crippen molar-refractivity contribution < 1.29 is 14.6 Å². The van der Waals surface area contributed by atoms with Crippen LogP contribution >= 0.6 is 0 Å². The van der Waals surface area contributed by atoms with Crippen molar-refractivity contribution in [1.29, 1.82) is 0 Å². The Morgan fingerprint density at radius 3 is 2.61 bits per heavy atom. The van der Waals surface area contributed by atoms with E-state index >= 15 is 0 Å². The Morgan fingerprint density at radius 2 is 1.96 bits per heavy atom. The van der Waals surface area contributed by atoms with Crippen LogP contribution in [0.1, 0.15) is 44.6 Å². The molecule has 0 amide bonds. The zero-order valence-electron chi connectivity index (χ0n) is 14.2. The zero-order valence-corrected chi connectivity index (χ0v) is 14.2. The molecule has 2 aliphatic rings. The highest BCUT2D eigenvalue weighted by molar-refractivity contribution is 5.74. The van der Waals surface area contributed by atoms with Gasteiger partial charge in [-0.3, -0.25) is 4.79 Å². The molecule has 0 radical (unpaired) electrons. The molecule has 3 nitrogen and oxygen atoms in total. The minimum atomic E-state index is -0.367. The smallest absolute Gasteiger partial charge is 0.309 e. The van der Waals surface area contributed by atoms with Crippen molar-refractivity contribution in [3.05, 3.63) is 47.5 Å². The standard InChI is InChI=1S/C20H26O3/c1-20(2)11-14-9-15(13-7-5-4-6-8-13)17(19(22)23-3)10-16(14)18(21)12-20/h4-9,15-18,21H,10-12H2,1-3H3/t15-,16+,17-,18-/m1/s1. The van der Waals surface area contributed by atoms with Crippen molar-refractivity contribution in [3.63, 3.8) is 0 Å². The van der Waals surface area contributed by atoms with E-state index in [-0.39, 0.29) is 35.2 Å². The molecule has 0 heterocycles. The van der Waals surface area contributed by atoms with Crippen LogP contribution in [0.15, 0.2) is 42.0 Å². The summed E-state index contributed by atoms with van der Waals surface area (Å²) in [6.45, 7) is 4.41. The number of hydrogen-bond donors (Lipinski definition) is 1. The maximum absolute atomic E-state index is 12.3. The Balaban J connectivity index is 2.00. The molecule has 124 valence electrons. The van der Waals surface area contributed by atoms with Gasteiger partial charge in [0.2, 0.25) is 0 Å². The van der Waals surface area contributed by atoms with Crippen LogP contribution in [0.3, 0.4) is 0 Å². The van der Waals surface area contributed by atoms with E-state index < -0.39 is 0 Å². The molecule has 1 aromatic carbocycles. The molecule has 2 aliphatic carbocycles. The fraction of sp³-hybridized carbons (Fsp3) is 0.550. The lowest BCUT2D eigenvalue weighted by Gasteiger charge is -2.45. The number of allylic oxidation sites excluding steroid dienone is 1. The summed E-state index contributed by atoms with van der Waals surface area (Å²) in [6, 6.07) is 10.1. The lowest BCUT2D eigenvalue weighted by molar-refractivity contribution is -0.147. The minimum Gasteiger partial charge on any atom is -0.469 e. The molecule has 0 saturated heterocycles. The summed E-state index contributed by atoms with van der Waals surface area (Å²) in [4.78, 5) is 12.3. The molecule has 0 aromatic heterocycles. The van der Waals surface area contributed by atoms with Crippen molar-refractivity contribution in [2.75, 3.05) is 7.11 Å². The van der Waals surface area contributed by atoms with Gasteiger partial charge >= 0.3 is 5.97 Å². The van der Waals surface area contributed by atoms with Crippen molar-refractivity contribution in [2.24, 2.45) is 17.3 Å². The number of aliphatic hydroxyl groups is 1. The molecule has 1 aromatic rings. The van der Waals surface area contributed by atoms with Gasteiger partial charge in [-0.05, 0) is 30.2 Å². The van der Waals surface area contributed by atoms with Gasteiger partial charge in [0, 0.05) is 11.8 Å². The van der Waals surface area contributed by atoms with E-state index in [9.17, 15) is 9.90 Å². The largest absolute Gasteiger partial charge is 0.469 e. The average molecular weight is 314 g/mol. The zero-order chi connectivity index (χ0) is 16.6. The van der Waals surface area contributed by atoms with Gasteiger partial charge in [-0.1, -0.05) is 55.8 Å². The molecular formula is C20H26O3. The second kappa shape index (κ2) is 6.12. The third kappa shape index (κ3) is 3.20. The summed E-state index contributed by atoms with van der Waals surface area (Å²) in [6.07, 6.45) is 4.32. The van der Waals surface area contributed by atoms with Crippen molar-refractivity contribution in [1.82, 2.24) is 0 Å². The van der Waals surface area contributed by atoms with Crippen LogP contribution in [-0.2, 0) is 9.53 Å². The number of carbonyl (C=O) groups is 1. The SMILES string of the molecule is COC(=O)[C@@H]1C[C@H]2C(=C[C@@H]1c1ccccc1)CC(C)(C)C[C@H]2O. The average Bonchev–Trinajstić information content (AvgIpc) is 2.53. The highest BCUT2D eigenvalue weighted by atomic mass is 16.5. The van der Waals surface area contributed by atoms with Gasteiger partial charge in [0.05, 0.1) is 19.1 Å². The van der Waals surface area contributed by atoms with E-state index in [4.69, 9.17) is 4.74 Å². The monoisotopic (exact) mass is 314 g/mol. The fourth-order valence-corrected chi connectivity index (χ4v) is 4.37. The topological polar surface area (TPSA) is 46.5 Å². The number of ether oxygens (including phenoxy) is 1. The Bertz CT molecular complexity index is 603. The maximum atomic E-state index is 12.3. The molecular weight excluding hydrogens is 288 g/mol. The number of esters is 1. The van der Waals surface area contributed by atoms with Crippen LogP contribution in [0, 0.1) is 17.3 Å². The second-order valence-electron chi connectivity index (χ2n) is 7.76. The molecule has 0 unspecified atom stereocenters. The summed E-state index contributed by atoms with van der Waals surface area (Å²) in [7, 11) is 1.45. The Kier molecular flexibility index (Phi) is 4.33. The molecule has 4 atom stereocenters. The van der Waals surface area contributed by atoms with Gasteiger partial charge in [0.1, 0.15) is 0 Å². The summed E-state index contributed by atoms with van der Waals surface area (Å²) < 4.78 is 5.05. The maximum Gasteiger partial charge on any atom is 0.309 e. The number of fused-ring (bicyclic) bond motifs is 1. The van der Waals surface area contributed by atoms with E-state index in [1.165, 1.54) is 12.7 Å². The predicted octanol–water partition coefficient (Wildman–Crippen LogP) is 3.69. The van der Waals surface area contributed by atoms with Gasteiger partial charge < -0.3 is 9.84 Å². The third-order valence-electron chi connectivity index (χ3n) is 5.41. The molecule has 3 rings (SSSR count). The van der Waals surface area contributed by atoms with Crippen molar-refractivity contribution in [2.45, 2.75) is 45.1 Å². The molecule has 1 fully saturated rings. The third-order valence-corrected chi connectivity index (χ3v) is 5.41. The van der Waals surface area contributed by atoms with E-state index in [1.54, 1.807) is 0 Å². The van der Waals surface area contributed by atoms with Crippen LogP contribution in [0.2, 0.25) is 0 Å². The Hall–Kier alpha value is -1.61. The normalized spacial score (nSPS) is 32.6. The molecule has 1 N–H and O–H groups in total. The number of benzene rings is 1. The first-order valence-electron chi connectivity index (χ1n) is 8.43. The van der Waals surface area contributed by atoms with Crippen LogP contribution in [-0.4, -0.2) is 24.3 Å². The minimum absolute atomic E-state index is 0.0380. The second-order valence-corrected chi connectivity index (χ2v) is 7.76. The number of carbonyl (C=O) groups excluding carboxylic acids is 1. The van der Waals surface area contributed by atoms with Crippen molar-refractivity contribution >= 4 is 5.97 Å². The van der Waals surface area contributed by atoms with Gasteiger partial charge in [-0.15, -0.1) is 0 Å². The number of methoxy groups -OCH3 is 1. The van der Waals surface area contributed by atoms with Gasteiger partial charge in [0.25, 0.3) is 0 Å². The quantitative estimate of drug-likeness (QED) is 0.669. The van der Waals surface area contributed by atoms with Gasteiger partial charge in [-0.25, -0.2) is 0 Å². The van der Waals surface area contributed by atoms with Crippen LogP contribution in [0.4, 0.5) is 0 Å². The molecule has 3 heteroatoms. The number of hydrogen-bond acceptors (Lipinski definition) is 3. The molecule has 0 aliphatic heterocycles. The Labute approximate surface area is 138 Å². The Morgan fingerprint density at radius 1 is 1.26 bits per heavy atom. The van der Waals surface area contributed by atoms with E-state index in [0.717, 1.165) is 18.4 Å². The highest BCUT2D eigenvalue weighted by Crippen LogP contribution is 2.50. The summed E-state index contributed by atoms with van der Waals surface area (Å²) in [5.41, 5.74) is 2.57. The predicted molar refractivity (Wildman–Crippen MR) is 89.9 cm³/mol. The summed E-state index contributed by atoms with van der Waals surface area (Å²) >= 11 is 0. The molecule has 1 saturated carbocycles. The van der Waals surface area contributed by atoms with Crippen LogP contribution < -0.4 is 0 Å². The van der Waals surface area contributed by atoms with Crippen LogP contribution in [0.5, 0.6) is 0 Å². The fourth-order valence-electron chi connectivity index (χ4n) is 4.37. The van der Waals surface area contributed by atoms with Crippen molar-refractivity contribution in [3.8, 4) is 0 Å². The highest BCUT2D eigenvalue weighted by Gasteiger charge is 2.44. The van der Waals surface area contributed by atoms with Gasteiger partial charge in [0.15, 0.2) is 0 Å². The van der Waals surface area contributed by atoms with Crippen LogP contribution in [0.25, 0.3) is 0 Å². The first-order chi connectivity index (χ1) is 10.9. The number of rotatable bonds is 2. The molecule has 0 spiro atoms. The summed E-state index contributed by atoms with van der Waals surface area (Å²) in [5.74, 6) is -0.263. The van der Waals surface area contributed by atoms with Gasteiger partial charge in [-0.2, -0.15) is 0 Å². The lowest BCUT2D eigenvalue weighted by atomic mass is 9.61. The molecule has 0 bridgehead atoms. The number of aliphatic hydroxyl groups excluding tert-OH is 1. The first kappa shape index (κ1) is 16.3. The van der Waals surface area contributed by atoms with E-state index in [2.05, 4.69) is 32.1 Å². The van der Waals surface area contributed by atoms with E-state index in [1.807, 2.05) is 18.2 Å².